The second-order valence-corrected chi connectivity index (χ2v) is 5.15. The molecule has 3 rings (SSSR count). The minimum absolute atomic E-state index is 0.0932. The highest BCUT2D eigenvalue weighted by atomic mass is 19.4. The van der Waals surface area contributed by atoms with Gasteiger partial charge in [-0.3, -0.25) is 4.79 Å². The van der Waals surface area contributed by atoms with Gasteiger partial charge in [-0.2, -0.15) is 13.2 Å². The number of carbonyl (C=O) groups is 1. The number of para-hydroxylation sites is 1. The number of fused-ring (bicyclic) bond motifs is 1. The van der Waals surface area contributed by atoms with E-state index in [0.717, 1.165) is 0 Å². The van der Waals surface area contributed by atoms with Gasteiger partial charge in [0.05, 0.1) is 11.1 Å². The molecule has 4 nitrogen and oxygen atoms in total. The Kier molecular flexibility index (Phi) is 2.82. The number of carbonyl (C=O) groups excluding carboxylic acids is 1. The number of aromatic nitrogens is 1. The largest absolute Gasteiger partial charge is 0.411 e. The van der Waals surface area contributed by atoms with Crippen molar-refractivity contribution in [3.63, 3.8) is 0 Å². The molecule has 3 N–H and O–H groups in total. The van der Waals surface area contributed by atoms with Crippen molar-refractivity contribution in [1.82, 2.24) is 10.3 Å². The maximum atomic E-state index is 12.9. The molecule has 2 aromatic rings. The van der Waals surface area contributed by atoms with Crippen molar-refractivity contribution in [2.75, 3.05) is 5.73 Å². The van der Waals surface area contributed by atoms with Crippen molar-refractivity contribution in [2.45, 2.75) is 24.6 Å². The van der Waals surface area contributed by atoms with Gasteiger partial charge >= 0.3 is 6.18 Å². The van der Waals surface area contributed by atoms with Gasteiger partial charge in [0.15, 0.2) is 0 Å². The Bertz CT molecular complexity index is 723. The highest BCUT2D eigenvalue weighted by Gasteiger charge is 2.64. The van der Waals surface area contributed by atoms with Gasteiger partial charge in [0.2, 0.25) is 0 Å². The minimum Gasteiger partial charge on any atom is -0.384 e. The molecule has 1 aromatic heterocycles. The number of hydrogen-bond acceptors (Lipinski definition) is 3. The van der Waals surface area contributed by atoms with E-state index in [-0.39, 0.29) is 24.2 Å². The van der Waals surface area contributed by atoms with Crippen molar-refractivity contribution in [2.24, 2.45) is 0 Å². The maximum Gasteiger partial charge on any atom is 0.411 e. The summed E-state index contributed by atoms with van der Waals surface area (Å²) in [5.74, 6) is -0.689. The molecule has 21 heavy (non-hydrogen) atoms. The summed E-state index contributed by atoms with van der Waals surface area (Å²) in [6.07, 6.45) is -4.64. The SMILES string of the molecule is Nc1cc(C(=O)NC2(C(F)(F)F)CC2)c2ccccc2n1. The highest BCUT2D eigenvalue weighted by Crippen LogP contribution is 2.49. The van der Waals surface area contributed by atoms with E-state index in [1.54, 1.807) is 24.3 Å². The topological polar surface area (TPSA) is 68.0 Å². The van der Waals surface area contributed by atoms with Crippen LogP contribution in [0, 0.1) is 0 Å². The van der Waals surface area contributed by atoms with Gasteiger partial charge in [-0.05, 0) is 25.0 Å². The van der Waals surface area contributed by atoms with Crippen LogP contribution in [0.4, 0.5) is 19.0 Å². The van der Waals surface area contributed by atoms with Crippen LogP contribution in [-0.2, 0) is 0 Å². The van der Waals surface area contributed by atoms with Gasteiger partial charge in [-0.1, -0.05) is 18.2 Å². The number of anilines is 1. The smallest absolute Gasteiger partial charge is 0.384 e. The molecule has 0 unspecified atom stereocenters. The zero-order valence-corrected chi connectivity index (χ0v) is 10.9. The van der Waals surface area contributed by atoms with Gasteiger partial charge in [-0.15, -0.1) is 0 Å². The van der Waals surface area contributed by atoms with Gasteiger partial charge in [-0.25, -0.2) is 4.98 Å². The molecule has 1 aliphatic carbocycles. The number of nitrogen functional groups attached to an aromatic ring is 1. The first-order valence-corrected chi connectivity index (χ1v) is 6.37. The molecule has 0 atom stereocenters. The van der Waals surface area contributed by atoms with Gasteiger partial charge in [0, 0.05) is 5.39 Å². The van der Waals surface area contributed by atoms with Crippen LogP contribution < -0.4 is 11.1 Å². The Morgan fingerprint density at radius 3 is 2.57 bits per heavy atom. The fraction of sp³-hybridized carbons (Fsp3) is 0.286. The van der Waals surface area contributed by atoms with Crippen molar-refractivity contribution in [3.8, 4) is 0 Å². The lowest BCUT2D eigenvalue weighted by Gasteiger charge is -2.21. The normalized spacial score (nSPS) is 16.7. The summed E-state index contributed by atoms with van der Waals surface area (Å²) < 4.78 is 38.7. The van der Waals surface area contributed by atoms with E-state index in [9.17, 15) is 18.0 Å². The third kappa shape index (κ3) is 2.28. The van der Waals surface area contributed by atoms with E-state index in [1.807, 2.05) is 0 Å². The number of nitrogens with two attached hydrogens (primary N) is 1. The first-order chi connectivity index (χ1) is 9.82. The molecule has 0 saturated heterocycles. The van der Waals surface area contributed by atoms with Crippen molar-refractivity contribution in [1.29, 1.82) is 0 Å². The lowest BCUT2D eigenvalue weighted by atomic mass is 10.1. The number of nitrogens with one attached hydrogen (secondary N) is 1. The summed E-state index contributed by atoms with van der Waals surface area (Å²) in [7, 11) is 0. The van der Waals surface area contributed by atoms with Crippen LogP contribution in [0.2, 0.25) is 0 Å². The number of pyridine rings is 1. The van der Waals surface area contributed by atoms with Crippen LogP contribution >= 0.6 is 0 Å². The lowest BCUT2D eigenvalue weighted by Crippen LogP contribution is -2.47. The van der Waals surface area contributed by atoms with Gasteiger partial charge in [0.25, 0.3) is 5.91 Å². The molecule has 0 bridgehead atoms. The number of amides is 1. The molecule has 0 spiro atoms. The Labute approximate surface area is 118 Å². The standard InChI is InChI=1S/C14H12F3N3O/c15-14(16,17)13(5-6-13)20-12(21)9-7-11(18)19-10-4-2-1-3-8(9)10/h1-4,7H,5-6H2,(H2,18,19)(H,20,21). The molecule has 1 heterocycles. The molecule has 1 fully saturated rings. The zero-order valence-electron chi connectivity index (χ0n) is 10.9. The molecule has 0 aliphatic heterocycles. The van der Waals surface area contributed by atoms with Crippen LogP contribution in [0.15, 0.2) is 30.3 Å². The third-order valence-corrected chi connectivity index (χ3v) is 3.63. The molecule has 1 aromatic carbocycles. The van der Waals surface area contributed by atoms with Crippen molar-refractivity contribution in [3.05, 3.63) is 35.9 Å². The van der Waals surface area contributed by atoms with Crippen molar-refractivity contribution >= 4 is 22.6 Å². The molecule has 7 heteroatoms. The van der Waals surface area contributed by atoms with Gasteiger partial charge in [0.1, 0.15) is 11.4 Å². The van der Waals surface area contributed by atoms with Crippen LogP contribution in [0.5, 0.6) is 0 Å². The first kappa shape index (κ1) is 13.7. The van der Waals surface area contributed by atoms with E-state index >= 15 is 0 Å². The fourth-order valence-electron chi connectivity index (χ4n) is 2.27. The highest BCUT2D eigenvalue weighted by molar-refractivity contribution is 6.07. The average Bonchev–Trinajstić information content (AvgIpc) is 3.18. The minimum atomic E-state index is -4.45. The zero-order chi connectivity index (χ0) is 15.3. The lowest BCUT2D eigenvalue weighted by molar-refractivity contribution is -0.163. The summed E-state index contributed by atoms with van der Waals surface area (Å²) in [6, 6.07) is 7.98. The number of rotatable bonds is 2. The maximum absolute atomic E-state index is 12.9. The summed E-state index contributed by atoms with van der Waals surface area (Å²) >= 11 is 0. The first-order valence-electron chi connectivity index (χ1n) is 6.37. The summed E-state index contributed by atoms with van der Waals surface area (Å²) in [4.78, 5) is 16.3. The fourth-order valence-corrected chi connectivity index (χ4v) is 2.27. The van der Waals surface area contributed by atoms with Crippen LogP contribution in [0.3, 0.4) is 0 Å². The Hall–Kier alpha value is -2.31. The van der Waals surface area contributed by atoms with E-state index in [0.29, 0.717) is 10.9 Å². The molecular formula is C14H12F3N3O. The third-order valence-electron chi connectivity index (χ3n) is 3.63. The summed E-state index contributed by atoms with van der Waals surface area (Å²) in [6.45, 7) is 0. The number of hydrogen-bond donors (Lipinski definition) is 2. The predicted octanol–water partition coefficient (Wildman–Crippen LogP) is 2.64. The molecule has 1 aliphatic rings. The average molecular weight is 295 g/mol. The van der Waals surface area contributed by atoms with Crippen LogP contribution in [0.1, 0.15) is 23.2 Å². The summed E-state index contributed by atoms with van der Waals surface area (Å²) in [5, 5.41) is 2.57. The number of nitrogens with zero attached hydrogens (tertiary/aromatic N) is 1. The molecule has 1 amide bonds. The number of alkyl halides is 3. The van der Waals surface area contributed by atoms with Gasteiger partial charge < -0.3 is 11.1 Å². The van der Waals surface area contributed by atoms with E-state index in [4.69, 9.17) is 5.73 Å². The quantitative estimate of drug-likeness (QED) is 0.895. The Morgan fingerprint density at radius 1 is 1.29 bits per heavy atom. The van der Waals surface area contributed by atoms with E-state index in [1.165, 1.54) is 6.07 Å². The number of benzene rings is 1. The van der Waals surface area contributed by atoms with Crippen molar-refractivity contribution < 1.29 is 18.0 Å². The molecular weight excluding hydrogens is 283 g/mol. The molecule has 0 radical (unpaired) electrons. The Morgan fingerprint density at radius 2 is 1.95 bits per heavy atom. The second-order valence-electron chi connectivity index (χ2n) is 5.15. The Balaban J connectivity index is 1.99. The summed E-state index contributed by atoms with van der Waals surface area (Å²) in [5.41, 5.74) is 4.10. The van der Waals surface area contributed by atoms with Crippen LogP contribution in [-0.4, -0.2) is 22.6 Å². The monoisotopic (exact) mass is 295 g/mol. The molecule has 1 saturated carbocycles. The van der Waals surface area contributed by atoms with E-state index in [2.05, 4.69) is 10.3 Å². The predicted molar refractivity (Wildman–Crippen MR) is 71.6 cm³/mol. The van der Waals surface area contributed by atoms with Crippen LogP contribution in [0.25, 0.3) is 10.9 Å². The number of halogens is 3. The molecule has 110 valence electrons. The second kappa shape index (κ2) is 4.34. The van der Waals surface area contributed by atoms with E-state index < -0.39 is 17.6 Å².